The Labute approximate surface area is 127 Å². The molecule has 100 valence electrons. The molecule has 0 saturated carbocycles. The average Bonchev–Trinajstić information content (AvgIpc) is 2.48. The van der Waals surface area contributed by atoms with Crippen LogP contribution < -0.4 is 5.73 Å². The number of pyridine rings is 1. The lowest BCUT2D eigenvalue weighted by Gasteiger charge is -2.08. The molecule has 0 spiro atoms. The number of halogens is 1. The molecule has 0 aliphatic heterocycles. The predicted octanol–water partition coefficient (Wildman–Crippen LogP) is 4.76. The largest absolute Gasteiger partial charge is 0.398 e. The van der Waals surface area contributed by atoms with Gasteiger partial charge in [-0.2, -0.15) is 0 Å². The third-order valence-corrected chi connectivity index (χ3v) is 4.67. The Bertz CT molecular complexity index is 758. The number of hydrogen-bond acceptors (Lipinski definition) is 3. The van der Waals surface area contributed by atoms with Crippen molar-refractivity contribution in [2.24, 2.45) is 0 Å². The zero-order valence-electron chi connectivity index (χ0n) is 10.7. The second-order valence-electron chi connectivity index (χ2n) is 4.43. The van der Waals surface area contributed by atoms with Gasteiger partial charge in [0, 0.05) is 27.9 Å². The molecule has 0 saturated heterocycles. The van der Waals surface area contributed by atoms with E-state index in [1.165, 1.54) is 5.56 Å². The van der Waals surface area contributed by atoms with E-state index in [0.29, 0.717) is 0 Å². The Morgan fingerprint density at radius 3 is 2.75 bits per heavy atom. The maximum absolute atomic E-state index is 6.18. The SMILES string of the molecule is Nc1ccc(CSc2ccccc2Cl)c2ncccc12. The molecular formula is C16H13ClN2S. The number of nitrogen functional groups attached to an aromatic ring is 1. The smallest absolute Gasteiger partial charge is 0.0763 e. The number of aromatic nitrogens is 1. The minimum absolute atomic E-state index is 0.764. The van der Waals surface area contributed by atoms with Crippen molar-refractivity contribution in [3.63, 3.8) is 0 Å². The average molecular weight is 301 g/mol. The van der Waals surface area contributed by atoms with E-state index in [4.69, 9.17) is 17.3 Å². The molecule has 4 heteroatoms. The molecule has 0 bridgehead atoms. The number of thioether (sulfide) groups is 1. The minimum atomic E-state index is 0.764. The number of benzene rings is 2. The highest BCUT2D eigenvalue weighted by Gasteiger charge is 2.07. The highest BCUT2D eigenvalue weighted by atomic mass is 35.5. The molecule has 2 aromatic carbocycles. The van der Waals surface area contributed by atoms with E-state index in [1.807, 2.05) is 48.5 Å². The molecule has 0 radical (unpaired) electrons. The topological polar surface area (TPSA) is 38.9 Å². The fourth-order valence-electron chi connectivity index (χ4n) is 2.09. The van der Waals surface area contributed by atoms with Gasteiger partial charge in [-0.15, -0.1) is 11.8 Å². The first kappa shape index (κ1) is 13.3. The second kappa shape index (κ2) is 5.73. The first-order valence-electron chi connectivity index (χ1n) is 6.25. The number of fused-ring (bicyclic) bond motifs is 1. The minimum Gasteiger partial charge on any atom is -0.398 e. The summed E-state index contributed by atoms with van der Waals surface area (Å²) in [6, 6.07) is 15.7. The molecule has 3 aromatic rings. The van der Waals surface area contributed by atoms with Crippen molar-refractivity contribution < 1.29 is 0 Å². The summed E-state index contributed by atoms with van der Waals surface area (Å²) in [6.45, 7) is 0. The van der Waals surface area contributed by atoms with Crippen LogP contribution in [0.4, 0.5) is 5.69 Å². The van der Waals surface area contributed by atoms with Crippen molar-refractivity contribution in [2.75, 3.05) is 5.73 Å². The van der Waals surface area contributed by atoms with Crippen molar-refractivity contribution in [3.8, 4) is 0 Å². The van der Waals surface area contributed by atoms with Crippen LogP contribution in [0.25, 0.3) is 10.9 Å². The number of hydrogen-bond donors (Lipinski definition) is 1. The van der Waals surface area contributed by atoms with Gasteiger partial charge >= 0.3 is 0 Å². The van der Waals surface area contributed by atoms with Gasteiger partial charge in [0.25, 0.3) is 0 Å². The number of rotatable bonds is 3. The van der Waals surface area contributed by atoms with E-state index in [1.54, 1.807) is 18.0 Å². The summed E-state index contributed by atoms with van der Waals surface area (Å²) in [7, 11) is 0. The summed E-state index contributed by atoms with van der Waals surface area (Å²) in [5, 5.41) is 1.79. The van der Waals surface area contributed by atoms with Gasteiger partial charge in [0.05, 0.1) is 10.5 Å². The Morgan fingerprint density at radius 2 is 1.90 bits per heavy atom. The van der Waals surface area contributed by atoms with Crippen LogP contribution in [-0.2, 0) is 5.75 Å². The van der Waals surface area contributed by atoms with E-state index in [-0.39, 0.29) is 0 Å². The van der Waals surface area contributed by atoms with Crippen molar-refractivity contribution in [1.29, 1.82) is 0 Å². The lowest BCUT2D eigenvalue weighted by Crippen LogP contribution is -1.92. The van der Waals surface area contributed by atoms with E-state index in [0.717, 1.165) is 32.3 Å². The maximum Gasteiger partial charge on any atom is 0.0763 e. The van der Waals surface area contributed by atoms with Crippen molar-refractivity contribution in [2.45, 2.75) is 10.6 Å². The zero-order valence-corrected chi connectivity index (χ0v) is 12.3. The summed E-state index contributed by atoms with van der Waals surface area (Å²) in [4.78, 5) is 5.53. The van der Waals surface area contributed by atoms with Crippen LogP contribution >= 0.6 is 23.4 Å². The number of nitrogens with zero attached hydrogens (tertiary/aromatic N) is 1. The molecule has 1 aromatic heterocycles. The summed E-state index contributed by atoms with van der Waals surface area (Å²) in [6.07, 6.45) is 1.80. The normalized spacial score (nSPS) is 10.8. The molecule has 0 amide bonds. The van der Waals surface area contributed by atoms with Gasteiger partial charge in [-0.3, -0.25) is 4.98 Å². The molecule has 0 unspecified atom stereocenters. The Hall–Kier alpha value is -1.71. The van der Waals surface area contributed by atoms with Crippen LogP contribution in [0.3, 0.4) is 0 Å². The van der Waals surface area contributed by atoms with Crippen LogP contribution in [0.1, 0.15) is 5.56 Å². The second-order valence-corrected chi connectivity index (χ2v) is 5.86. The van der Waals surface area contributed by atoms with Gasteiger partial charge in [0.2, 0.25) is 0 Å². The van der Waals surface area contributed by atoms with Crippen molar-refractivity contribution >= 4 is 40.0 Å². The molecular weight excluding hydrogens is 288 g/mol. The Kier molecular flexibility index (Phi) is 3.81. The van der Waals surface area contributed by atoms with Crippen LogP contribution in [-0.4, -0.2) is 4.98 Å². The Balaban J connectivity index is 1.92. The molecule has 1 heterocycles. The summed E-state index contributed by atoms with van der Waals surface area (Å²) in [5.74, 6) is 0.817. The summed E-state index contributed by atoms with van der Waals surface area (Å²) in [5.41, 5.74) is 8.88. The van der Waals surface area contributed by atoms with Gasteiger partial charge in [0.15, 0.2) is 0 Å². The lowest BCUT2D eigenvalue weighted by molar-refractivity contribution is 1.34. The van der Waals surface area contributed by atoms with Crippen LogP contribution in [0.15, 0.2) is 59.6 Å². The van der Waals surface area contributed by atoms with Gasteiger partial charge in [-0.25, -0.2) is 0 Å². The standard InChI is InChI=1S/C16H13ClN2S/c17-13-5-1-2-6-15(13)20-10-11-7-8-14(18)12-4-3-9-19-16(11)12/h1-9H,10,18H2. The molecule has 0 atom stereocenters. The van der Waals surface area contributed by atoms with E-state index >= 15 is 0 Å². The van der Waals surface area contributed by atoms with Gasteiger partial charge in [0.1, 0.15) is 0 Å². The quantitative estimate of drug-likeness (QED) is 0.560. The third-order valence-electron chi connectivity index (χ3n) is 3.11. The highest BCUT2D eigenvalue weighted by molar-refractivity contribution is 7.98. The van der Waals surface area contributed by atoms with Gasteiger partial charge in [-0.1, -0.05) is 29.8 Å². The molecule has 0 fully saturated rings. The van der Waals surface area contributed by atoms with Gasteiger partial charge in [-0.05, 0) is 35.9 Å². The van der Waals surface area contributed by atoms with Crippen molar-refractivity contribution in [3.05, 3.63) is 65.3 Å². The van der Waals surface area contributed by atoms with E-state index < -0.39 is 0 Å². The molecule has 3 rings (SSSR count). The first-order chi connectivity index (χ1) is 9.75. The fourth-order valence-corrected chi connectivity index (χ4v) is 3.31. The fraction of sp³-hybridized carbons (Fsp3) is 0.0625. The van der Waals surface area contributed by atoms with E-state index in [9.17, 15) is 0 Å². The maximum atomic E-state index is 6.18. The molecule has 20 heavy (non-hydrogen) atoms. The summed E-state index contributed by atoms with van der Waals surface area (Å²) < 4.78 is 0. The molecule has 0 aliphatic rings. The van der Waals surface area contributed by atoms with Crippen LogP contribution in [0, 0.1) is 0 Å². The first-order valence-corrected chi connectivity index (χ1v) is 7.61. The monoisotopic (exact) mass is 300 g/mol. The highest BCUT2D eigenvalue weighted by Crippen LogP contribution is 2.32. The number of anilines is 1. The number of nitrogens with two attached hydrogens (primary N) is 1. The molecule has 2 nitrogen and oxygen atoms in total. The molecule has 0 aliphatic carbocycles. The lowest BCUT2D eigenvalue weighted by atomic mass is 10.1. The summed E-state index contributed by atoms with van der Waals surface area (Å²) >= 11 is 7.89. The predicted molar refractivity (Wildman–Crippen MR) is 87.2 cm³/mol. The van der Waals surface area contributed by atoms with Gasteiger partial charge < -0.3 is 5.73 Å². The Morgan fingerprint density at radius 1 is 1.05 bits per heavy atom. The van der Waals surface area contributed by atoms with Crippen LogP contribution in [0.2, 0.25) is 5.02 Å². The molecule has 2 N–H and O–H groups in total. The zero-order chi connectivity index (χ0) is 13.9. The van der Waals surface area contributed by atoms with E-state index in [2.05, 4.69) is 4.98 Å². The van der Waals surface area contributed by atoms with Crippen molar-refractivity contribution in [1.82, 2.24) is 4.98 Å². The third kappa shape index (κ3) is 2.60. The van der Waals surface area contributed by atoms with Crippen LogP contribution in [0.5, 0.6) is 0 Å².